The highest BCUT2D eigenvalue weighted by molar-refractivity contribution is 8.93. The van der Waals surface area contributed by atoms with Crippen molar-refractivity contribution in [2.24, 2.45) is 4.99 Å². The van der Waals surface area contributed by atoms with E-state index in [4.69, 9.17) is 0 Å². The van der Waals surface area contributed by atoms with E-state index in [1.165, 1.54) is 79.2 Å². The number of aryl methyl sites for hydroxylation is 1. The average Bonchev–Trinajstić information content (AvgIpc) is 3.17. The van der Waals surface area contributed by atoms with E-state index >= 15 is 0 Å². The van der Waals surface area contributed by atoms with Crippen LogP contribution in [0.4, 0.5) is 0 Å². The highest BCUT2D eigenvalue weighted by Gasteiger charge is 2.05. The minimum absolute atomic E-state index is 0. The Bertz CT molecular complexity index is 1050. The number of rotatable bonds is 10. The normalized spacial score (nSPS) is 11.1. The summed E-state index contributed by atoms with van der Waals surface area (Å²) in [6.45, 7) is 15.7. The number of unbranched alkanes of at least 4 members (excludes halogenated alkanes) is 4. The van der Waals surface area contributed by atoms with Gasteiger partial charge in [0.25, 0.3) is 0 Å². The van der Waals surface area contributed by atoms with E-state index in [1.54, 1.807) is 13.1 Å². The second kappa shape index (κ2) is 29.1. The molecule has 1 nitrogen and oxygen atoms in total. The first-order valence-corrected chi connectivity index (χ1v) is 14.6. The number of allylic oxidation sites excluding steroid dienone is 8. The summed E-state index contributed by atoms with van der Waals surface area (Å²) >= 11 is 0. The fraction of sp³-hybridized carbons (Fsp3) is 0.368. The SMILES string of the molecule is Br.C=C(/C=C\C)CCCCCCC.C=C=CC.CCCc1ccccc1.CN=CC1=CC=CCc2ccccc21. The zero-order valence-electron chi connectivity index (χ0n) is 25.9. The highest BCUT2D eigenvalue weighted by atomic mass is 79.9. The molecule has 2 aromatic carbocycles. The predicted octanol–water partition coefficient (Wildman–Crippen LogP) is 11.9. The van der Waals surface area contributed by atoms with E-state index in [0.29, 0.717) is 0 Å². The van der Waals surface area contributed by atoms with Gasteiger partial charge in [0.2, 0.25) is 0 Å². The fourth-order valence-corrected chi connectivity index (χ4v) is 3.90. The second-order valence-electron chi connectivity index (χ2n) is 9.35. The van der Waals surface area contributed by atoms with E-state index < -0.39 is 0 Å². The first-order chi connectivity index (χ1) is 19.1. The molecule has 0 amide bonds. The maximum atomic E-state index is 4.07. The van der Waals surface area contributed by atoms with Gasteiger partial charge in [-0.15, -0.1) is 22.7 Å². The van der Waals surface area contributed by atoms with Gasteiger partial charge in [-0.25, -0.2) is 0 Å². The van der Waals surface area contributed by atoms with Gasteiger partial charge in [0.05, 0.1) is 0 Å². The molecule has 0 fully saturated rings. The fourth-order valence-electron chi connectivity index (χ4n) is 3.90. The van der Waals surface area contributed by atoms with Crippen molar-refractivity contribution in [2.75, 3.05) is 7.05 Å². The Hall–Kier alpha value is -2.93. The molecule has 2 heteroatoms. The van der Waals surface area contributed by atoms with Gasteiger partial charge in [0.15, 0.2) is 0 Å². The third kappa shape index (κ3) is 21.0. The molecule has 1 aliphatic rings. The van der Waals surface area contributed by atoms with E-state index in [1.807, 2.05) is 20.1 Å². The van der Waals surface area contributed by atoms with Gasteiger partial charge in [-0.2, -0.15) is 0 Å². The van der Waals surface area contributed by atoms with Crippen molar-refractivity contribution in [2.45, 2.75) is 85.5 Å². The minimum atomic E-state index is 0. The van der Waals surface area contributed by atoms with Crippen LogP contribution in [0.1, 0.15) is 89.3 Å². The van der Waals surface area contributed by atoms with Crippen LogP contribution >= 0.6 is 17.0 Å². The van der Waals surface area contributed by atoms with Crippen LogP contribution in [0.5, 0.6) is 0 Å². The zero-order chi connectivity index (χ0) is 29.0. The Morgan fingerprint density at radius 2 is 1.57 bits per heavy atom. The third-order valence-electron chi connectivity index (χ3n) is 5.94. The first-order valence-electron chi connectivity index (χ1n) is 14.6. The molecule has 0 saturated carbocycles. The molecule has 0 atom stereocenters. The van der Waals surface area contributed by atoms with E-state index in [2.05, 4.69) is 123 Å². The van der Waals surface area contributed by atoms with Crippen LogP contribution in [0.15, 0.2) is 121 Å². The molecule has 0 bridgehead atoms. The number of benzene rings is 2. The van der Waals surface area contributed by atoms with Crippen molar-refractivity contribution in [1.29, 1.82) is 0 Å². The number of hydrogen-bond donors (Lipinski definition) is 0. The van der Waals surface area contributed by atoms with Crippen molar-refractivity contribution in [3.8, 4) is 0 Å². The lowest BCUT2D eigenvalue weighted by atomic mass is 10.00. The molecular weight excluding hydrogens is 550 g/mol. The van der Waals surface area contributed by atoms with Crippen LogP contribution in [0.2, 0.25) is 0 Å². The third-order valence-corrected chi connectivity index (χ3v) is 5.94. The Labute approximate surface area is 257 Å². The number of nitrogens with zero attached hydrogens (tertiary/aromatic N) is 1. The van der Waals surface area contributed by atoms with E-state index in [-0.39, 0.29) is 17.0 Å². The summed E-state index contributed by atoms with van der Waals surface area (Å²) in [5.74, 6) is 0. The second-order valence-corrected chi connectivity index (χ2v) is 9.35. The molecular formula is C38H54BrN. The van der Waals surface area contributed by atoms with Gasteiger partial charge in [-0.05, 0) is 67.9 Å². The van der Waals surface area contributed by atoms with E-state index in [9.17, 15) is 0 Å². The lowest BCUT2D eigenvalue weighted by Gasteiger charge is -2.05. The van der Waals surface area contributed by atoms with Gasteiger partial charge >= 0.3 is 0 Å². The predicted molar refractivity (Wildman–Crippen MR) is 189 cm³/mol. The molecule has 0 aromatic heterocycles. The summed E-state index contributed by atoms with van der Waals surface area (Å²) in [6, 6.07) is 19.0. The molecule has 218 valence electrons. The number of aliphatic imine (C=N–C) groups is 1. The lowest BCUT2D eigenvalue weighted by Crippen LogP contribution is -1.91. The first kappa shape index (κ1) is 39.2. The highest BCUT2D eigenvalue weighted by Crippen LogP contribution is 2.21. The standard InChI is InChI=1S/C13H13N.C12H22.C9H12.C4H6.BrH/c1-14-10-12-8-3-2-6-11-7-4-5-9-13(11)12;1-4-6-7-8-9-11-12(3)10-5-2;1-2-6-9-7-4-3-5-8-9;1-3-4-2;/h2-5,7-10H,6H2,1H3;5,10H,3-4,6-9,11H2,1-2H3;3-5,7-8H,2,6H2,1H3;4H,1H2,2H3;1H/b;10-5-;;;. The Morgan fingerprint density at radius 3 is 2.17 bits per heavy atom. The molecule has 0 heterocycles. The Morgan fingerprint density at radius 1 is 0.925 bits per heavy atom. The van der Waals surface area contributed by atoms with Crippen LogP contribution in [0.25, 0.3) is 5.57 Å². The average molecular weight is 605 g/mol. The van der Waals surface area contributed by atoms with Crippen molar-refractivity contribution in [3.63, 3.8) is 0 Å². The van der Waals surface area contributed by atoms with Gasteiger partial charge in [0.1, 0.15) is 0 Å². The molecule has 0 spiro atoms. The summed E-state index contributed by atoms with van der Waals surface area (Å²) in [6.07, 6.45) is 25.6. The van der Waals surface area contributed by atoms with Crippen molar-refractivity contribution in [1.82, 2.24) is 0 Å². The minimum Gasteiger partial charge on any atom is -0.296 e. The van der Waals surface area contributed by atoms with Crippen LogP contribution < -0.4 is 0 Å². The number of halogens is 1. The summed E-state index contributed by atoms with van der Waals surface area (Å²) < 4.78 is 0. The largest absolute Gasteiger partial charge is 0.296 e. The summed E-state index contributed by atoms with van der Waals surface area (Å²) in [4.78, 5) is 4.07. The molecule has 0 saturated heterocycles. The Kier molecular flexibility index (Phi) is 28.5. The number of fused-ring (bicyclic) bond motifs is 1. The lowest BCUT2D eigenvalue weighted by molar-refractivity contribution is 0.633. The molecule has 0 aliphatic heterocycles. The van der Waals surface area contributed by atoms with Crippen LogP contribution in [-0.2, 0) is 12.8 Å². The Balaban J connectivity index is 0. The quantitative estimate of drug-likeness (QED) is 0.111. The van der Waals surface area contributed by atoms with Gasteiger partial charge in [0, 0.05) is 13.3 Å². The zero-order valence-corrected chi connectivity index (χ0v) is 27.6. The maximum absolute atomic E-state index is 4.07. The molecule has 40 heavy (non-hydrogen) atoms. The molecule has 1 aliphatic carbocycles. The molecule has 0 unspecified atom stereocenters. The van der Waals surface area contributed by atoms with E-state index in [0.717, 1.165) is 6.42 Å². The smallest absolute Gasteiger partial charge is 0.0287 e. The maximum Gasteiger partial charge on any atom is 0.0287 e. The van der Waals surface area contributed by atoms with Crippen LogP contribution in [0.3, 0.4) is 0 Å². The molecule has 3 rings (SSSR count). The summed E-state index contributed by atoms with van der Waals surface area (Å²) in [5.41, 5.74) is 9.13. The van der Waals surface area contributed by atoms with Gasteiger partial charge < -0.3 is 0 Å². The van der Waals surface area contributed by atoms with Gasteiger partial charge in [-0.1, -0.05) is 150 Å². The molecule has 0 N–H and O–H groups in total. The van der Waals surface area contributed by atoms with Crippen LogP contribution in [-0.4, -0.2) is 13.3 Å². The summed E-state index contributed by atoms with van der Waals surface area (Å²) in [7, 11) is 1.80. The molecule has 2 aromatic rings. The summed E-state index contributed by atoms with van der Waals surface area (Å²) in [5, 5.41) is 0. The van der Waals surface area contributed by atoms with Crippen molar-refractivity contribution >= 4 is 28.8 Å². The van der Waals surface area contributed by atoms with Crippen molar-refractivity contribution < 1.29 is 0 Å². The van der Waals surface area contributed by atoms with Crippen LogP contribution in [0, 0.1) is 0 Å². The molecule has 0 radical (unpaired) electrons. The monoisotopic (exact) mass is 603 g/mol. The topological polar surface area (TPSA) is 12.4 Å². The van der Waals surface area contributed by atoms with Crippen molar-refractivity contribution in [3.05, 3.63) is 132 Å². The number of hydrogen-bond acceptors (Lipinski definition) is 1. The van der Waals surface area contributed by atoms with Gasteiger partial charge in [-0.3, -0.25) is 4.99 Å².